The Morgan fingerprint density at radius 1 is 1.19 bits per heavy atom. The standard InChI is InChI=1S/C21H18ClFN2O/c22-20-9-7-15-13-16(6-8-19(15)24-20)21(26)25-10-2-5-18(25)12-14-3-1-4-17(23)11-14/h1,3-4,6-9,11,13,18H,2,5,10,12H2. The van der Waals surface area contributed by atoms with Crippen LogP contribution in [0.5, 0.6) is 0 Å². The SMILES string of the molecule is O=C(c1ccc2nc(Cl)ccc2c1)N1CCCC1Cc1cccc(F)c1. The lowest BCUT2D eigenvalue weighted by Crippen LogP contribution is -2.36. The van der Waals surface area contributed by atoms with Crippen molar-refractivity contribution < 1.29 is 9.18 Å². The van der Waals surface area contributed by atoms with Gasteiger partial charge in [-0.1, -0.05) is 23.7 Å². The minimum Gasteiger partial charge on any atom is -0.335 e. The van der Waals surface area contributed by atoms with E-state index < -0.39 is 0 Å². The predicted octanol–water partition coefficient (Wildman–Crippen LogP) is 4.87. The second kappa shape index (κ2) is 7.04. The Morgan fingerprint density at radius 2 is 2.08 bits per heavy atom. The minimum atomic E-state index is -0.237. The number of benzene rings is 2. The highest BCUT2D eigenvalue weighted by Crippen LogP contribution is 2.25. The van der Waals surface area contributed by atoms with E-state index in [0.29, 0.717) is 17.1 Å². The third kappa shape index (κ3) is 3.42. The molecule has 0 bridgehead atoms. The Morgan fingerprint density at radius 3 is 2.92 bits per heavy atom. The van der Waals surface area contributed by atoms with E-state index in [1.54, 1.807) is 24.3 Å². The van der Waals surface area contributed by atoms with Gasteiger partial charge in [0.2, 0.25) is 0 Å². The van der Waals surface area contributed by atoms with Crippen LogP contribution in [0.2, 0.25) is 5.15 Å². The highest BCUT2D eigenvalue weighted by Gasteiger charge is 2.29. The Balaban J connectivity index is 1.57. The first kappa shape index (κ1) is 17.0. The van der Waals surface area contributed by atoms with Crippen LogP contribution in [0.3, 0.4) is 0 Å². The maximum atomic E-state index is 13.4. The fraction of sp³-hybridized carbons (Fsp3) is 0.238. The summed E-state index contributed by atoms with van der Waals surface area (Å²) in [6.45, 7) is 0.732. The van der Waals surface area contributed by atoms with Gasteiger partial charge in [-0.2, -0.15) is 0 Å². The second-order valence-corrected chi connectivity index (χ2v) is 7.06. The quantitative estimate of drug-likeness (QED) is 0.617. The van der Waals surface area contributed by atoms with Crippen LogP contribution in [0.15, 0.2) is 54.6 Å². The summed E-state index contributed by atoms with van der Waals surface area (Å²) in [6, 6.07) is 15.8. The Labute approximate surface area is 156 Å². The molecule has 0 aliphatic carbocycles. The smallest absolute Gasteiger partial charge is 0.254 e. The molecule has 26 heavy (non-hydrogen) atoms. The monoisotopic (exact) mass is 368 g/mol. The summed E-state index contributed by atoms with van der Waals surface area (Å²) in [7, 11) is 0. The number of halogens is 2. The summed E-state index contributed by atoms with van der Waals surface area (Å²) >= 11 is 5.92. The molecule has 3 nitrogen and oxygen atoms in total. The zero-order valence-electron chi connectivity index (χ0n) is 14.2. The van der Waals surface area contributed by atoms with Gasteiger partial charge < -0.3 is 4.90 Å². The van der Waals surface area contributed by atoms with E-state index in [4.69, 9.17) is 11.6 Å². The van der Waals surface area contributed by atoms with E-state index >= 15 is 0 Å². The zero-order chi connectivity index (χ0) is 18.1. The van der Waals surface area contributed by atoms with Crippen LogP contribution >= 0.6 is 11.6 Å². The topological polar surface area (TPSA) is 33.2 Å². The Kier molecular flexibility index (Phi) is 4.60. The number of carbonyl (C=O) groups is 1. The van der Waals surface area contributed by atoms with Crippen molar-refractivity contribution in [3.63, 3.8) is 0 Å². The highest BCUT2D eigenvalue weighted by molar-refractivity contribution is 6.29. The molecule has 0 spiro atoms. The van der Waals surface area contributed by atoms with Gasteiger partial charge in [-0.05, 0) is 67.3 Å². The van der Waals surface area contributed by atoms with Crippen LogP contribution < -0.4 is 0 Å². The van der Waals surface area contributed by atoms with Crippen LogP contribution in [0.4, 0.5) is 4.39 Å². The molecule has 1 saturated heterocycles. The van der Waals surface area contributed by atoms with Crippen LogP contribution in [0.25, 0.3) is 10.9 Å². The van der Waals surface area contributed by atoms with E-state index in [0.717, 1.165) is 35.9 Å². The van der Waals surface area contributed by atoms with Crippen molar-refractivity contribution in [1.82, 2.24) is 9.88 Å². The first-order valence-corrected chi connectivity index (χ1v) is 9.10. The molecule has 0 N–H and O–H groups in total. The van der Waals surface area contributed by atoms with Gasteiger partial charge in [-0.3, -0.25) is 4.79 Å². The van der Waals surface area contributed by atoms with E-state index in [2.05, 4.69) is 4.98 Å². The second-order valence-electron chi connectivity index (χ2n) is 6.67. The van der Waals surface area contributed by atoms with Gasteiger partial charge in [0.15, 0.2) is 0 Å². The molecule has 1 unspecified atom stereocenters. The van der Waals surface area contributed by atoms with E-state index in [1.165, 1.54) is 6.07 Å². The van der Waals surface area contributed by atoms with Crippen molar-refractivity contribution in [1.29, 1.82) is 0 Å². The van der Waals surface area contributed by atoms with Crippen molar-refractivity contribution in [2.24, 2.45) is 0 Å². The number of aromatic nitrogens is 1. The minimum absolute atomic E-state index is 0.0146. The lowest BCUT2D eigenvalue weighted by molar-refractivity contribution is 0.0736. The van der Waals surface area contributed by atoms with Gasteiger partial charge in [0.1, 0.15) is 11.0 Å². The fourth-order valence-corrected chi connectivity index (χ4v) is 3.80. The third-order valence-electron chi connectivity index (χ3n) is 4.90. The number of pyridine rings is 1. The average molecular weight is 369 g/mol. The molecular weight excluding hydrogens is 351 g/mol. The fourth-order valence-electron chi connectivity index (χ4n) is 3.65. The number of fused-ring (bicyclic) bond motifs is 1. The number of amides is 1. The molecule has 1 aliphatic heterocycles. The summed E-state index contributed by atoms with van der Waals surface area (Å²) in [4.78, 5) is 19.2. The molecule has 1 aromatic heterocycles. The molecule has 3 aromatic rings. The zero-order valence-corrected chi connectivity index (χ0v) is 14.9. The van der Waals surface area contributed by atoms with Gasteiger partial charge in [0, 0.05) is 23.5 Å². The van der Waals surface area contributed by atoms with Crippen molar-refractivity contribution in [3.8, 4) is 0 Å². The third-order valence-corrected chi connectivity index (χ3v) is 5.11. The molecule has 5 heteroatoms. The number of hydrogen-bond acceptors (Lipinski definition) is 2. The van der Waals surface area contributed by atoms with Crippen molar-refractivity contribution >= 4 is 28.4 Å². The maximum absolute atomic E-state index is 13.4. The molecule has 1 atom stereocenters. The molecule has 2 heterocycles. The predicted molar refractivity (Wildman–Crippen MR) is 101 cm³/mol. The number of likely N-dealkylation sites (tertiary alicyclic amines) is 1. The highest BCUT2D eigenvalue weighted by atomic mass is 35.5. The van der Waals surface area contributed by atoms with Gasteiger partial charge in [-0.15, -0.1) is 0 Å². The van der Waals surface area contributed by atoms with Crippen LogP contribution in [-0.4, -0.2) is 28.4 Å². The van der Waals surface area contributed by atoms with Gasteiger partial charge >= 0.3 is 0 Å². The van der Waals surface area contributed by atoms with Crippen molar-refractivity contribution in [2.45, 2.75) is 25.3 Å². The summed E-state index contributed by atoms with van der Waals surface area (Å²) in [5, 5.41) is 1.33. The number of hydrogen-bond donors (Lipinski definition) is 0. The summed E-state index contributed by atoms with van der Waals surface area (Å²) in [5.74, 6) is -0.222. The van der Waals surface area contributed by atoms with E-state index in [9.17, 15) is 9.18 Å². The summed E-state index contributed by atoms with van der Waals surface area (Å²) in [5.41, 5.74) is 2.34. The van der Waals surface area contributed by atoms with E-state index in [-0.39, 0.29) is 17.8 Å². The summed E-state index contributed by atoms with van der Waals surface area (Å²) in [6.07, 6.45) is 2.58. The first-order valence-electron chi connectivity index (χ1n) is 8.72. The normalized spacial score (nSPS) is 17.0. The molecule has 0 saturated carbocycles. The first-order chi connectivity index (χ1) is 12.6. The van der Waals surface area contributed by atoms with Gasteiger partial charge in [-0.25, -0.2) is 9.37 Å². The number of nitrogens with zero attached hydrogens (tertiary/aromatic N) is 2. The lowest BCUT2D eigenvalue weighted by atomic mass is 10.0. The molecular formula is C21H18ClFN2O. The van der Waals surface area contributed by atoms with Gasteiger partial charge in [0.05, 0.1) is 5.52 Å². The molecule has 0 radical (unpaired) electrons. The van der Waals surface area contributed by atoms with Crippen molar-refractivity contribution in [3.05, 3.63) is 76.7 Å². The summed E-state index contributed by atoms with van der Waals surface area (Å²) < 4.78 is 13.4. The molecule has 1 amide bonds. The molecule has 132 valence electrons. The molecule has 1 fully saturated rings. The van der Waals surface area contributed by atoms with Crippen LogP contribution in [0.1, 0.15) is 28.8 Å². The largest absolute Gasteiger partial charge is 0.335 e. The number of rotatable bonds is 3. The average Bonchev–Trinajstić information content (AvgIpc) is 3.08. The molecule has 1 aliphatic rings. The Hall–Kier alpha value is -2.46. The number of carbonyl (C=O) groups excluding carboxylic acids is 1. The van der Waals surface area contributed by atoms with Crippen LogP contribution in [0, 0.1) is 5.82 Å². The van der Waals surface area contributed by atoms with Crippen LogP contribution in [-0.2, 0) is 6.42 Å². The van der Waals surface area contributed by atoms with Crippen molar-refractivity contribution in [2.75, 3.05) is 6.54 Å². The van der Waals surface area contributed by atoms with E-state index in [1.807, 2.05) is 29.2 Å². The molecule has 4 rings (SSSR count). The van der Waals surface area contributed by atoms with Gasteiger partial charge in [0.25, 0.3) is 5.91 Å². The maximum Gasteiger partial charge on any atom is 0.254 e. The lowest BCUT2D eigenvalue weighted by Gasteiger charge is -2.25. The molecule has 2 aromatic carbocycles. The Bertz CT molecular complexity index is 975.